The maximum absolute atomic E-state index is 5.65. The molecule has 0 saturated carbocycles. The highest BCUT2D eigenvalue weighted by Gasteiger charge is 2.10. The predicted molar refractivity (Wildman–Crippen MR) is 76.3 cm³/mol. The topological polar surface area (TPSA) is 21.3 Å². The van der Waals surface area contributed by atoms with Crippen LogP contribution in [0, 0.1) is 5.92 Å². The third-order valence-corrected chi connectivity index (χ3v) is 3.79. The summed E-state index contributed by atoms with van der Waals surface area (Å²) in [4.78, 5) is 0. The number of hydrogen-bond donors (Lipinski definition) is 1. The van der Waals surface area contributed by atoms with Crippen LogP contribution in [0.2, 0.25) is 0 Å². The molecule has 1 heterocycles. The summed E-state index contributed by atoms with van der Waals surface area (Å²) < 4.78 is 5.65. The van der Waals surface area contributed by atoms with Gasteiger partial charge in [-0.15, -0.1) is 0 Å². The Morgan fingerprint density at radius 1 is 1.33 bits per heavy atom. The van der Waals surface area contributed by atoms with E-state index >= 15 is 0 Å². The lowest BCUT2D eigenvalue weighted by molar-refractivity contribution is 0.288. The molecule has 1 N–H and O–H groups in total. The van der Waals surface area contributed by atoms with Crippen LogP contribution in [0.15, 0.2) is 18.2 Å². The smallest absolute Gasteiger partial charge is 0.122 e. The number of rotatable bonds is 6. The van der Waals surface area contributed by atoms with E-state index in [0.717, 1.165) is 31.2 Å². The highest BCUT2D eigenvalue weighted by Crippen LogP contribution is 2.26. The summed E-state index contributed by atoms with van der Waals surface area (Å²) in [6, 6.07) is 6.73. The van der Waals surface area contributed by atoms with Crippen molar-refractivity contribution in [2.45, 2.75) is 39.0 Å². The highest BCUT2D eigenvalue weighted by atomic mass is 16.5. The van der Waals surface area contributed by atoms with E-state index in [1.54, 1.807) is 0 Å². The molecular weight excluding hydrogens is 222 g/mol. The Morgan fingerprint density at radius 3 is 3.06 bits per heavy atom. The second kappa shape index (κ2) is 6.79. The van der Waals surface area contributed by atoms with E-state index in [1.807, 2.05) is 7.05 Å². The second-order valence-electron chi connectivity index (χ2n) is 5.43. The van der Waals surface area contributed by atoms with Crippen LogP contribution in [0.5, 0.6) is 5.75 Å². The van der Waals surface area contributed by atoms with E-state index in [1.165, 1.54) is 36.8 Å². The Bertz CT molecular complexity index is 375. The van der Waals surface area contributed by atoms with Crippen LogP contribution < -0.4 is 10.1 Å². The van der Waals surface area contributed by atoms with Crippen molar-refractivity contribution < 1.29 is 4.74 Å². The molecule has 18 heavy (non-hydrogen) atoms. The minimum absolute atomic E-state index is 0.796. The molecule has 0 bridgehead atoms. The number of aryl methyl sites for hydroxylation is 2. The lowest BCUT2D eigenvalue weighted by atomic mass is 9.96. The predicted octanol–water partition coefficient (Wildman–Crippen LogP) is 3.19. The van der Waals surface area contributed by atoms with Gasteiger partial charge in [0.2, 0.25) is 0 Å². The molecule has 1 atom stereocenters. The first-order valence-electron chi connectivity index (χ1n) is 7.19. The van der Waals surface area contributed by atoms with Crippen molar-refractivity contribution in [1.82, 2.24) is 5.32 Å². The van der Waals surface area contributed by atoms with Crippen LogP contribution in [-0.2, 0) is 12.8 Å². The normalized spacial score (nSPS) is 15.9. The first-order valence-corrected chi connectivity index (χ1v) is 7.19. The second-order valence-corrected chi connectivity index (χ2v) is 5.43. The van der Waals surface area contributed by atoms with E-state index in [4.69, 9.17) is 4.74 Å². The minimum Gasteiger partial charge on any atom is -0.493 e. The molecule has 1 aliphatic heterocycles. The first-order chi connectivity index (χ1) is 8.79. The van der Waals surface area contributed by atoms with Gasteiger partial charge in [-0.25, -0.2) is 0 Å². The van der Waals surface area contributed by atoms with Gasteiger partial charge in [0, 0.05) is 0 Å². The van der Waals surface area contributed by atoms with Gasteiger partial charge in [0.25, 0.3) is 0 Å². The molecule has 100 valence electrons. The van der Waals surface area contributed by atoms with Crippen molar-refractivity contribution in [2.75, 3.05) is 20.2 Å². The monoisotopic (exact) mass is 247 g/mol. The van der Waals surface area contributed by atoms with Gasteiger partial charge in [-0.1, -0.05) is 19.1 Å². The van der Waals surface area contributed by atoms with Crippen LogP contribution in [0.3, 0.4) is 0 Å². The fraction of sp³-hybridized carbons (Fsp3) is 0.625. The molecule has 0 aliphatic carbocycles. The van der Waals surface area contributed by atoms with Gasteiger partial charge in [-0.2, -0.15) is 0 Å². The van der Waals surface area contributed by atoms with Gasteiger partial charge in [-0.3, -0.25) is 0 Å². The van der Waals surface area contributed by atoms with Crippen molar-refractivity contribution in [3.63, 3.8) is 0 Å². The fourth-order valence-corrected chi connectivity index (χ4v) is 2.52. The summed E-state index contributed by atoms with van der Waals surface area (Å²) in [6.45, 7) is 4.35. The molecule has 2 heteroatoms. The van der Waals surface area contributed by atoms with Crippen LogP contribution in [0.25, 0.3) is 0 Å². The van der Waals surface area contributed by atoms with Gasteiger partial charge in [0.15, 0.2) is 0 Å². The van der Waals surface area contributed by atoms with Crippen LogP contribution >= 0.6 is 0 Å². The Hall–Kier alpha value is -1.02. The van der Waals surface area contributed by atoms with Gasteiger partial charge < -0.3 is 10.1 Å². The highest BCUT2D eigenvalue weighted by molar-refractivity contribution is 5.38. The summed E-state index contributed by atoms with van der Waals surface area (Å²) in [7, 11) is 2.02. The zero-order valence-electron chi connectivity index (χ0n) is 11.7. The Labute approximate surface area is 111 Å². The summed E-state index contributed by atoms with van der Waals surface area (Å²) in [5.74, 6) is 1.90. The molecule has 0 amide bonds. The third kappa shape index (κ3) is 3.74. The minimum atomic E-state index is 0.796. The summed E-state index contributed by atoms with van der Waals surface area (Å²) in [6.07, 6.45) is 6.08. The van der Waals surface area contributed by atoms with Gasteiger partial charge in [-0.05, 0) is 68.8 Å². The molecule has 0 fully saturated rings. The first kappa shape index (κ1) is 13.4. The number of ether oxygens (including phenoxy) is 1. The molecule has 2 rings (SSSR count). The summed E-state index contributed by atoms with van der Waals surface area (Å²) in [5, 5.41) is 3.22. The Balaban J connectivity index is 1.86. The molecule has 0 radical (unpaired) electrons. The van der Waals surface area contributed by atoms with Gasteiger partial charge in [0.1, 0.15) is 5.75 Å². The van der Waals surface area contributed by atoms with E-state index in [0.29, 0.717) is 0 Å². The summed E-state index contributed by atoms with van der Waals surface area (Å²) >= 11 is 0. The molecule has 2 nitrogen and oxygen atoms in total. The van der Waals surface area contributed by atoms with E-state index in [9.17, 15) is 0 Å². The zero-order valence-corrected chi connectivity index (χ0v) is 11.7. The quantitative estimate of drug-likeness (QED) is 0.833. The number of nitrogens with one attached hydrogen (secondary N) is 1. The lowest BCUT2D eigenvalue weighted by Crippen LogP contribution is -2.12. The van der Waals surface area contributed by atoms with E-state index in [2.05, 4.69) is 30.4 Å². The maximum atomic E-state index is 5.65. The molecule has 0 aromatic heterocycles. The largest absolute Gasteiger partial charge is 0.493 e. The molecule has 0 spiro atoms. The molecular formula is C16H25NO. The lowest BCUT2D eigenvalue weighted by Gasteiger charge is -2.18. The van der Waals surface area contributed by atoms with Crippen molar-refractivity contribution in [3.8, 4) is 5.75 Å². The van der Waals surface area contributed by atoms with Gasteiger partial charge >= 0.3 is 0 Å². The molecule has 1 aliphatic rings. The number of benzene rings is 1. The number of hydrogen-bond acceptors (Lipinski definition) is 2. The molecule has 0 saturated heterocycles. The fourth-order valence-electron chi connectivity index (χ4n) is 2.52. The van der Waals surface area contributed by atoms with Gasteiger partial charge in [0.05, 0.1) is 6.61 Å². The Morgan fingerprint density at radius 2 is 2.22 bits per heavy atom. The van der Waals surface area contributed by atoms with Crippen molar-refractivity contribution in [1.29, 1.82) is 0 Å². The maximum Gasteiger partial charge on any atom is 0.122 e. The molecule has 1 aromatic carbocycles. The SMILES string of the molecule is CNCCC(C)CCc1ccc2c(c1)CCCO2. The van der Waals surface area contributed by atoms with E-state index in [-0.39, 0.29) is 0 Å². The number of fused-ring (bicyclic) bond motifs is 1. The average Bonchev–Trinajstić information content (AvgIpc) is 2.42. The van der Waals surface area contributed by atoms with Crippen molar-refractivity contribution in [2.24, 2.45) is 5.92 Å². The zero-order chi connectivity index (χ0) is 12.8. The van der Waals surface area contributed by atoms with E-state index < -0.39 is 0 Å². The van der Waals surface area contributed by atoms with Crippen molar-refractivity contribution in [3.05, 3.63) is 29.3 Å². The molecule has 1 unspecified atom stereocenters. The van der Waals surface area contributed by atoms with Crippen LogP contribution in [-0.4, -0.2) is 20.2 Å². The third-order valence-electron chi connectivity index (χ3n) is 3.79. The average molecular weight is 247 g/mol. The van der Waals surface area contributed by atoms with Crippen LogP contribution in [0.1, 0.15) is 37.3 Å². The molecule has 1 aromatic rings. The van der Waals surface area contributed by atoms with Crippen molar-refractivity contribution >= 4 is 0 Å². The Kier molecular flexibility index (Phi) is 5.06. The standard InChI is InChI=1S/C16H25NO/c1-13(9-10-17-2)5-6-14-7-8-16-15(12-14)4-3-11-18-16/h7-8,12-13,17H,3-6,9-11H2,1-2H3. The van der Waals surface area contributed by atoms with Crippen LogP contribution in [0.4, 0.5) is 0 Å². The summed E-state index contributed by atoms with van der Waals surface area (Å²) in [5.41, 5.74) is 2.87.